The molecule has 0 bridgehead atoms. The van der Waals surface area contributed by atoms with E-state index in [-0.39, 0.29) is 36.8 Å². The van der Waals surface area contributed by atoms with Crippen molar-refractivity contribution in [3.05, 3.63) is 65.5 Å². The van der Waals surface area contributed by atoms with Gasteiger partial charge in [-0.1, -0.05) is 18.2 Å². The Morgan fingerprint density at radius 3 is 2.77 bits per heavy atom. The van der Waals surface area contributed by atoms with Crippen LogP contribution >= 0.6 is 24.8 Å². The molecule has 2 heterocycles. The molecule has 1 N–H and O–H groups in total. The summed E-state index contributed by atoms with van der Waals surface area (Å²) in [7, 11) is 4.06. The standard InChI is InChI=1S/C19H24N4O.2ClH/c1-22(2)14-15-5-3-6-16(11-15)19(24)23-10-9-21-13-18(23)17-7-4-8-20-12-17;;/h3-8,11-12,18,21H,9-10,13-14H2,1-2H3;2*1H. The van der Waals surface area contributed by atoms with E-state index in [1.807, 2.05) is 55.5 Å². The van der Waals surface area contributed by atoms with Crippen molar-refractivity contribution in [3.8, 4) is 0 Å². The van der Waals surface area contributed by atoms with Gasteiger partial charge in [-0.2, -0.15) is 0 Å². The van der Waals surface area contributed by atoms with Crippen LogP contribution in [0, 0.1) is 0 Å². The molecule has 1 unspecified atom stereocenters. The number of amides is 1. The van der Waals surface area contributed by atoms with Gasteiger partial charge in [0.1, 0.15) is 0 Å². The third-order valence-electron chi connectivity index (χ3n) is 4.25. The first kappa shape index (κ1) is 22.4. The number of rotatable bonds is 4. The van der Waals surface area contributed by atoms with E-state index in [0.29, 0.717) is 6.54 Å². The molecule has 26 heavy (non-hydrogen) atoms. The Bertz CT molecular complexity index is 697. The van der Waals surface area contributed by atoms with Gasteiger partial charge in [-0.15, -0.1) is 24.8 Å². The van der Waals surface area contributed by atoms with E-state index in [1.54, 1.807) is 6.20 Å². The molecule has 1 aliphatic heterocycles. The Hall–Kier alpha value is -1.66. The van der Waals surface area contributed by atoms with Gasteiger partial charge in [-0.3, -0.25) is 9.78 Å². The fourth-order valence-electron chi connectivity index (χ4n) is 3.15. The average molecular weight is 397 g/mol. The number of benzene rings is 1. The van der Waals surface area contributed by atoms with Gasteiger partial charge in [-0.05, 0) is 43.4 Å². The smallest absolute Gasteiger partial charge is 0.254 e. The topological polar surface area (TPSA) is 48.5 Å². The van der Waals surface area contributed by atoms with Crippen LogP contribution in [0.25, 0.3) is 0 Å². The molecule has 1 atom stereocenters. The van der Waals surface area contributed by atoms with Crippen LogP contribution in [0.2, 0.25) is 0 Å². The highest BCUT2D eigenvalue weighted by atomic mass is 35.5. The number of piperazine rings is 1. The van der Waals surface area contributed by atoms with Crippen LogP contribution < -0.4 is 5.32 Å². The van der Waals surface area contributed by atoms with Crippen molar-refractivity contribution in [3.63, 3.8) is 0 Å². The lowest BCUT2D eigenvalue weighted by Gasteiger charge is -2.36. The lowest BCUT2D eigenvalue weighted by atomic mass is 10.0. The van der Waals surface area contributed by atoms with E-state index in [1.165, 1.54) is 0 Å². The van der Waals surface area contributed by atoms with Crippen molar-refractivity contribution < 1.29 is 4.79 Å². The highest BCUT2D eigenvalue weighted by molar-refractivity contribution is 5.94. The second kappa shape index (κ2) is 10.5. The summed E-state index contributed by atoms with van der Waals surface area (Å²) in [5.41, 5.74) is 2.98. The zero-order valence-electron chi connectivity index (χ0n) is 15.1. The van der Waals surface area contributed by atoms with Gasteiger partial charge in [-0.25, -0.2) is 0 Å². The van der Waals surface area contributed by atoms with Gasteiger partial charge < -0.3 is 15.1 Å². The number of carbonyl (C=O) groups is 1. The van der Waals surface area contributed by atoms with Crippen molar-refractivity contribution in [2.75, 3.05) is 33.7 Å². The molecule has 0 saturated carbocycles. The van der Waals surface area contributed by atoms with Gasteiger partial charge in [0.15, 0.2) is 0 Å². The van der Waals surface area contributed by atoms with Gasteiger partial charge in [0, 0.05) is 44.1 Å². The second-order valence-electron chi connectivity index (χ2n) is 6.44. The van der Waals surface area contributed by atoms with E-state index in [9.17, 15) is 4.79 Å². The number of nitrogens with one attached hydrogen (secondary N) is 1. The average Bonchev–Trinajstić information content (AvgIpc) is 2.61. The Balaban J connectivity index is 0.00000169. The maximum atomic E-state index is 13.1. The molecular formula is C19H26Cl2N4O. The molecule has 3 rings (SSSR count). The number of hydrogen-bond donors (Lipinski definition) is 1. The third-order valence-corrected chi connectivity index (χ3v) is 4.25. The van der Waals surface area contributed by atoms with Crippen molar-refractivity contribution in [2.45, 2.75) is 12.6 Å². The minimum Gasteiger partial charge on any atom is -0.329 e. The molecule has 1 aromatic carbocycles. The molecular weight excluding hydrogens is 371 g/mol. The first-order valence-corrected chi connectivity index (χ1v) is 8.30. The van der Waals surface area contributed by atoms with Gasteiger partial charge >= 0.3 is 0 Å². The Labute approximate surface area is 167 Å². The molecule has 1 aromatic heterocycles. The summed E-state index contributed by atoms with van der Waals surface area (Å²) in [6.07, 6.45) is 3.61. The normalized spacial score (nSPS) is 16.6. The molecule has 1 amide bonds. The zero-order chi connectivity index (χ0) is 16.9. The fraction of sp³-hybridized carbons (Fsp3) is 0.368. The summed E-state index contributed by atoms with van der Waals surface area (Å²) in [5, 5.41) is 3.38. The van der Waals surface area contributed by atoms with Gasteiger partial charge in [0.05, 0.1) is 6.04 Å². The molecule has 142 valence electrons. The summed E-state index contributed by atoms with van der Waals surface area (Å²) in [6, 6.07) is 11.9. The van der Waals surface area contributed by atoms with Crippen LogP contribution in [0.3, 0.4) is 0 Å². The van der Waals surface area contributed by atoms with E-state index < -0.39 is 0 Å². The highest BCUT2D eigenvalue weighted by Crippen LogP contribution is 2.24. The molecule has 0 radical (unpaired) electrons. The summed E-state index contributed by atoms with van der Waals surface area (Å²) < 4.78 is 0. The molecule has 2 aromatic rings. The van der Waals surface area contributed by atoms with Crippen LogP contribution in [0.4, 0.5) is 0 Å². The fourth-order valence-corrected chi connectivity index (χ4v) is 3.15. The number of halogens is 2. The van der Waals surface area contributed by atoms with Gasteiger partial charge in [0.2, 0.25) is 0 Å². The van der Waals surface area contributed by atoms with Crippen molar-refractivity contribution >= 4 is 30.7 Å². The molecule has 0 spiro atoms. The monoisotopic (exact) mass is 396 g/mol. The van der Waals surface area contributed by atoms with E-state index in [4.69, 9.17) is 0 Å². The van der Waals surface area contributed by atoms with Crippen LogP contribution in [0.15, 0.2) is 48.8 Å². The SMILES string of the molecule is CN(C)Cc1cccc(C(=O)N2CCNCC2c2cccnc2)c1.Cl.Cl. The van der Waals surface area contributed by atoms with Crippen LogP contribution in [0.5, 0.6) is 0 Å². The summed E-state index contributed by atoms with van der Waals surface area (Å²) in [4.78, 5) is 21.4. The van der Waals surface area contributed by atoms with E-state index in [0.717, 1.165) is 36.3 Å². The van der Waals surface area contributed by atoms with Gasteiger partial charge in [0.25, 0.3) is 5.91 Å². The molecule has 1 fully saturated rings. The predicted octanol–water partition coefficient (Wildman–Crippen LogP) is 2.77. The van der Waals surface area contributed by atoms with Crippen molar-refractivity contribution in [1.29, 1.82) is 0 Å². The first-order valence-electron chi connectivity index (χ1n) is 8.30. The van der Waals surface area contributed by atoms with E-state index in [2.05, 4.69) is 21.3 Å². The molecule has 1 saturated heterocycles. The molecule has 1 aliphatic rings. The Morgan fingerprint density at radius 2 is 2.08 bits per heavy atom. The predicted molar refractivity (Wildman–Crippen MR) is 109 cm³/mol. The van der Waals surface area contributed by atoms with Crippen LogP contribution in [0.1, 0.15) is 27.5 Å². The maximum absolute atomic E-state index is 13.1. The maximum Gasteiger partial charge on any atom is 0.254 e. The Morgan fingerprint density at radius 1 is 1.27 bits per heavy atom. The third kappa shape index (κ3) is 5.42. The number of pyridine rings is 1. The van der Waals surface area contributed by atoms with Crippen molar-refractivity contribution in [1.82, 2.24) is 20.1 Å². The lowest BCUT2D eigenvalue weighted by molar-refractivity contribution is 0.0634. The number of carbonyl (C=O) groups excluding carboxylic acids is 1. The largest absolute Gasteiger partial charge is 0.329 e. The summed E-state index contributed by atoms with van der Waals surface area (Å²) >= 11 is 0. The summed E-state index contributed by atoms with van der Waals surface area (Å²) in [6.45, 7) is 3.11. The second-order valence-corrected chi connectivity index (χ2v) is 6.44. The van der Waals surface area contributed by atoms with Crippen LogP contribution in [-0.2, 0) is 6.54 Å². The first-order chi connectivity index (χ1) is 11.6. The number of aromatic nitrogens is 1. The minimum absolute atomic E-state index is 0. The number of hydrogen-bond acceptors (Lipinski definition) is 4. The molecule has 5 nitrogen and oxygen atoms in total. The van der Waals surface area contributed by atoms with E-state index >= 15 is 0 Å². The van der Waals surface area contributed by atoms with Crippen molar-refractivity contribution in [2.24, 2.45) is 0 Å². The lowest BCUT2D eigenvalue weighted by Crippen LogP contribution is -2.48. The molecule has 7 heteroatoms. The Kier molecular flexibility index (Phi) is 9.02. The number of nitrogens with zero attached hydrogens (tertiary/aromatic N) is 3. The molecule has 0 aliphatic carbocycles. The summed E-state index contributed by atoms with van der Waals surface area (Å²) in [5.74, 6) is 0.0889. The zero-order valence-corrected chi connectivity index (χ0v) is 16.7. The van der Waals surface area contributed by atoms with Crippen LogP contribution in [-0.4, -0.2) is 54.4 Å². The highest BCUT2D eigenvalue weighted by Gasteiger charge is 2.28. The quantitative estimate of drug-likeness (QED) is 0.862. The minimum atomic E-state index is 0.